The second-order valence-corrected chi connectivity index (χ2v) is 8.23. The Labute approximate surface area is 193 Å². The monoisotopic (exact) mass is 482 g/mol. The van der Waals surface area contributed by atoms with Crippen LogP contribution < -0.4 is 10.1 Å². The van der Waals surface area contributed by atoms with E-state index in [2.05, 4.69) is 22.1 Å². The van der Waals surface area contributed by atoms with Gasteiger partial charge in [0.1, 0.15) is 12.4 Å². The Morgan fingerprint density at radius 2 is 1.97 bits per heavy atom. The third-order valence-corrected chi connectivity index (χ3v) is 5.55. The van der Waals surface area contributed by atoms with Crippen LogP contribution in [0.1, 0.15) is 5.82 Å². The van der Waals surface area contributed by atoms with Crippen molar-refractivity contribution in [3.05, 3.63) is 76.0 Å². The van der Waals surface area contributed by atoms with Gasteiger partial charge in [0.2, 0.25) is 5.91 Å². The van der Waals surface area contributed by atoms with E-state index in [0.29, 0.717) is 44.0 Å². The molecule has 0 bridgehead atoms. The van der Waals surface area contributed by atoms with Gasteiger partial charge < -0.3 is 10.1 Å². The van der Waals surface area contributed by atoms with Crippen LogP contribution in [0.25, 0.3) is 0 Å². The van der Waals surface area contributed by atoms with E-state index in [-0.39, 0.29) is 18.3 Å². The Balaban J connectivity index is 1.64. The number of carbonyl (C=O) groups is 1. The average molecular weight is 484 g/mol. The molecule has 156 valence electrons. The van der Waals surface area contributed by atoms with Gasteiger partial charge in [0.15, 0.2) is 11.0 Å². The molecule has 0 spiro atoms. The number of anilines is 1. The molecule has 30 heavy (non-hydrogen) atoms. The largest absolute Gasteiger partial charge is 0.484 e. The number of nitrogens with one attached hydrogen (secondary N) is 1. The molecular formula is C20H17Cl3N4O2S. The lowest BCUT2D eigenvalue weighted by atomic mass is 10.3. The number of halogens is 3. The number of nitrogens with zero attached hydrogens (tertiary/aromatic N) is 3. The number of rotatable bonds is 9. The smallest absolute Gasteiger partial charge is 0.234 e. The zero-order valence-electron chi connectivity index (χ0n) is 15.6. The Bertz CT molecular complexity index is 1060. The lowest BCUT2D eigenvalue weighted by Gasteiger charge is -2.10. The SMILES string of the molecule is C=CCn1c(COc2cc(Cl)ccc2Cl)nnc1SCC(=O)Nc1cccc(Cl)c1. The normalized spacial score (nSPS) is 10.6. The molecular weight excluding hydrogens is 467 g/mol. The number of benzene rings is 2. The van der Waals surface area contributed by atoms with Crippen LogP contribution in [-0.4, -0.2) is 26.4 Å². The fourth-order valence-corrected chi connectivity index (χ4v) is 3.76. The summed E-state index contributed by atoms with van der Waals surface area (Å²) < 4.78 is 7.57. The predicted molar refractivity (Wildman–Crippen MR) is 122 cm³/mol. The molecule has 0 radical (unpaired) electrons. The first-order chi connectivity index (χ1) is 14.5. The topological polar surface area (TPSA) is 69.0 Å². The molecule has 1 heterocycles. The Hall–Kier alpha value is -2.19. The molecule has 3 aromatic rings. The zero-order valence-corrected chi connectivity index (χ0v) is 18.7. The van der Waals surface area contributed by atoms with Crippen LogP contribution in [0.15, 0.2) is 60.3 Å². The molecule has 0 saturated carbocycles. The number of hydrogen-bond acceptors (Lipinski definition) is 5. The van der Waals surface area contributed by atoms with Crippen LogP contribution >= 0.6 is 46.6 Å². The molecule has 0 unspecified atom stereocenters. The van der Waals surface area contributed by atoms with Gasteiger partial charge in [0, 0.05) is 28.3 Å². The van der Waals surface area contributed by atoms with Crippen molar-refractivity contribution in [2.24, 2.45) is 0 Å². The van der Waals surface area contributed by atoms with Gasteiger partial charge in [-0.25, -0.2) is 0 Å². The Kier molecular flexibility index (Phi) is 8.04. The van der Waals surface area contributed by atoms with Gasteiger partial charge >= 0.3 is 0 Å². The first-order valence-electron chi connectivity index (χ1n) is 8.75. The summed E-state index contributed by atoms with van der Waals surface area (Å²) >= 11 is 19.3. The fraction of sp³-hybridized carbons (Fsp3) is 0.150. The van der Waals surface area contributed by atoms with Gasteiger partial charge in [-0.1, -0.05) is 58.7 Å². The van der Waals surface area contributed by atoms with E-state index in [1.165, 1.54) is 11.8 Å². The van der Waals surface area contributed by atoms with Crippen molar-refractivity contribution < 1.29 is 9.53 Å². The number of allylic oxidation sites excluding steroid dienone is 1. The number of aromatic nitrogens is 3. The summed E-state index contributed by atoms with van der Waals surface area (Å²) in [5, 5.41) is 13.2. The standard InChI is InChI=1S/C20H17Cl3N4O2S/c1-2-8-27-18(11-29-17-10-14(22)6-7-16(17)23)25-26-20(27)30-12-19(28)24-15-5-3-4-13(21)9-15/h2-7,9-10H,1,8,11-12H2,(H,24,28). The molecule has 1 aromatic heterocycles. The maximum atomic E-state index is 12.2. The van der Waals surface area contributed by atoms with E-state index < -0.39 is 0 Å². The number of carbonyl (C=O) groups excluding carboxylic acids is 1. The quantitative estimate of drug-likeness (QED) is 0.311. The Morgan fingerprint density at radius 3 is 2.73 bits per heavy atom. The highest BCUT2D eigenvalue weighted by Crippen LogP contribution is 2.28. The molecule has 10 heteroatoms. The van der Waals surface area contributed by atoms with Crippen molar-refractivity contribution >= 4 is 58.2 Å². The Morgan fingerprint density at radius 1 is 1.17 bits per heavy atom. The first kappa shape index (κ1) is 22.5. The predicted octanol–water partition coefficient (Wildman–Crippen LogP) is 5.73. The minimum Gasteiger partial charge on any atom is -0.484 e. The lowest BCUT2D eigenvalue weighted by Crippen LogP contribution is -2.15. The van der Waals surface area contributed by atoms with Crippen LogP contribution in [0.2, 0.25) is 15.1 Å². The van der Waals surface area contributed by atoms with Crippen molar-refractivity contribution in [3.63, 3.8) is 0 Å². The molecule has 1 amide bonds. The summed E-state index contributed by atoms with van der Waals surface area (Å²) in [6.07, 6.45) is 1.72. The van der Waals surface area contributed by atoms with Crippen molar-refractivity contribution in [3.8, 4) is 5.75 Å². The number of amides is 1. The molecule has 0 aliphatic carbocycles. The second kappa shape index (κ2) is 10.7. The summed E-state index contributed by atoms with van der Waals surface area (Å²) in [6, 6.07) is 11.9. The summed E-state index contributed by atoms with van der Waals surface area (Å²) in [7, 11) is 0. The zero-order chi connectivity index (χ0) is 21.5. The molecule has 6 nitrogen and oxygen atoms in total. The van der Waals surface area contributed by atoms with Crippen LogP contribution in [0.5, 0.6) is 5.75 Å². The van der Waals surface area contributed by atoms with Crippen LogP contribution in [0.3, 0.4) is 0 Å². The second-order valence-electron chi connectivity index (χ2n) is 6.01. The highest BCUT2D eigenvalue weighted by atomic mass is 35.5. The molecule has 0 aliphatic heterocycles. The first-order valence-corrected chi connectivity index (χ1v) is 10.9. The van der Waals surface area contributed by atoms with E-state index in [4.69, 9.17) is 39.5 Å². The molecule has 3 rings (SSSR count). The fourth-order valence-electron chi connectivity index (χ4n) is 2.47. The third-order valence-electron chi connectivity index (χ3n) is 3.80. The molecule has 0 fully saturated rings. The van der Waals surface area contributed by atoms with E-state index in [9.17, 15) is 4.79 Å². The molecule has 0 saturated heterocycles. The third kappa shape index (κ3) is 6.15. The van der Waals surface area contributed by atoms with Gasteiger partial charge in [-0.3, -0.25) is 9.36 Å². The van der Waals surface area contributed by atoms with Crippen LogP contribution in [0.4, 0.5) is 5.69 Å². The molecule has 1 N–H and O–H groups in total. The summed E-state index contributed by atoms with van der Waals surface area (Å²) in [5.41, 5.74) is 0.633. The van der Waals surface area contributed by atoms with E-state index in [1.807, 2.05) is 4.57 Å². The van der Waals surface area contributed by atoms with Crippen LogP contribution in [0, 0.1) is 0 Å². The molecule has 0 atom stereocenters. The number of hydrogen-bond donors (Lipinski definition) is 1. The lowest BCUT2D eigenvalue weighted by molar-refractivity contribution is -0.113. The van der Waals surface area contributed by atoms with Gasteiger partial charge in [-0.15, -0.1) is 16.8 Å². The van der Waals surface area contributed by atoms with Crippen molar-refractivity contribution in [2.75, 3.05) is 11.1 Å². The average Bonchev–Trinajstić information content (AvgIpc) is 3.09. The summed E-state index contributed by atoms with van der Waals surface area (Å²) in [6.45, 7) is 4.36. The minimum atomic E-state index is -0.182. The number of thioether (sulfide) groups is 1. The summed E-state index contributed by atoms with van der Waals surface area (Å²) in [5.74, 6) is 0.998. The van der Waals surface area contributed by atoms with E-state index in [0.717, 1.165) is 0 Å². The van der Waals surface area contributed by atoms with Crippen molar-refractivity contribution in [2.45, 2.75) is 18.3 Å². The summed E-state index contributed by atoms with van der Waals surface area (Å²) in [4.78, 5) is 12.2. The maximum absolute atomic E-state index is 12.2. The molecule has 2 aromatic carbocycles. The maximum Gasteiger partial charge on any atom is 0.234 e. The van der Waals surface area contributed by atoms with E-state index >= 15 is 0 Å². The van der Waals surface area contributed by atoms with Crippen LogP contribution in [-0.2, 0) is 17.9 Å². The van der Waals surface area contributed by atoms with E-state index in [1.54, 1.807) is 48.5 Å². The number of ether oxygens (including phenoxy) is 1. The minimum absolute atomic E-state index is 0.135. The highest BCUT2D eigenvalue weighted by Gasteiger charge is 2.15. The van der Waals surface area contributed by atoms with Gasteiger partial charge in [-0.2, -0.15) is 0 Å². The highest BCUT2D eigenvalue weighted by molar-refractivity contribution is 7.99. The van der Waals surface area contributed by atoms with Gasteiger partial charge in [-0.05, 0) is 30.3 Å². The van der Waals surface area contributed by atoms with Gasteiger partial charge in [0.05, 0.1) is 10.8 Å². The van der Waals surface area contributed by atoms with Crippen molar-refractivity contribution in [1.82, 2.24) is 14.8 Å². The molecule has 0 aliphatic rings. The van der Waals surface area contributed by atoms with Crippen molar-refractivity contribution in [1.29, 1.82) is 0 Å². The van der Waals surface area contributed by atoms with Gasteiger partial charge in [0.25, 0.3) is 0 Å².